The van der Waals surface area contributed by atoms with Gasteiger partial charge in [0.1, 0.15) is 0 Å². The van der Waals surface area contributed by atoms with Crippen LogP contribution in [0.3, 0.4) is 0 Å². The SMILES string of the molecule is CCCN(CCC)CC1(CNCC)CCOCC1. The van der Waals surface area contributed by atoms with Gasteiger partial charge in [0.15, 0.2) is 0 Å². The van der Waals surface area contributed by atoms with E-state index in [2.05, 4.69) is 31.0 Å². The first-order chi connectivity index (χ1) is 8.76. The molecular weight excluding hydrogens is 224 g/mol. The average Bonchev–Trinajstić information content (AvgIpc) is 2.38. The highest BCUT2D eigenvalue weighted by Crippen LogP contribution is 2.31. The van der Waals surface area contributed by atoms with Crippen LogP contribution in [0.15, 0.2) is 0 Å². The fourth-order valence-corrected chi connectivity index (χ4v) is 2.96. The quantitative estimate of drug-likeness (QED) is 0.686. The second-order valence-corrected chi connectivity index (χ2v) is 5.67. The number of nitrogens with zero attached hydrogens (tertiary/aromatic N) is 1. The summed E-state index contributed by atoms with van der Waals surface area (Å²) in [4.78, 5) is 2.66. The van der Waals surface area contributed by atoms with Gasteiger partial charge in [-0.25, -0.2) is 0 Å². The Balaban J connectivity index is 2.56. The molecule has 1 N–H and O–H groups in total. The summed E-state index contributed by atoms with van der Waals surface area (Å²) in [5, 5.41) is 3.57. The van der Waals surface area contributed by atoms with E-state index in [1.165, 1.54) is 45.3 Å². The first kappa shape index (κ1) is 15.9. The normalized spacial score (nSPS) is 19.3. The van der Waals surface area contributed by atoms with E-state index >= 15 is 0 Å². The Morgan fingerprint density at radius 1 is 1.06 bits per heavy atom. The molecule has 18 heavy (non-hydrogen) atoms. The molecule has 0 bridgehead atoms. The zero-order valence-corrected chi connectivity index (χ0v) is 12.6. The molecule has 1 rings (SSSR count). The largest absolute Gasteiger partial charge is 0.381 e. The highest BCUT2D eigenvalue weighted by molar-refractivity contribution is 4.87. The van der Waals surface area contributed by atoms with Crippen molar-refractivity contribution in [2.45, 2.75) is 46.5 Å². The van der Waals surface area contributed by atoms with Crippen molar-refractivity contribution in [3.05, 3.63) is 0 Å². The molecule has 108 valence electrons. The van der Waals surface area contributed by atoms with Crippen molar-refractivity contribution < 1.29 is 4.74 Å². The van der Waals surface area contributed by atoms with Crippen molar-refractivity contribution in [3.63, 3.8) is 0 Å². The Bertz CT molecular complexity index is 197. The van der Waals surface area contributed by atoms with E-state index in [-0.39, 0.29) is 0 Å². The standard InChI is InChI=1S/C15H32N2O/c1-4-9-17(10-5-2)14-15(13-16-6-3)7-11-18-12-8-15/h16H,4-14H2,1-3H3. The lowest BCUT2D eigenvalue weighted by atomic mass is 9.79. The minimum atomic E-state index is 0.443. The predicted molar refractivity (Wildman–Crippen MR) is 78.1 cm³/mol. The Labute approximate surface area is 113 Å². The second kappa shape index (κ2) is 8.89. The molecule has 0 unspecified atom stereocenters. The minimum Gasteiger partial charge on any atom is -0.381 e. The zero-order valence-electron chi connectivity index (χ0n) is 12.6. The van der Waals surface area contributed by atoms with Gasteiger partial charge in [-0.05, 0) is 50.7 Å². The van der Waals surface area contributed by atoms with E-state index in [9.17, 15) is 0 Å². The molecule has 1 saturated heterocycles. The summed E-state index contributed by atoms with van der Waals surface area (Å²) in [5.41, 5.74) is 0.443. The van der Waals surface area contributed by atoms with E-state index in [1.54, 1.807) is 0 Å². The van der Waals surface area contributed by atoms with Gasteiger partial charge in [-0.15, -0.1) is 0 Å². The van der Waals surface area contributed by atoms with Gasteiger partial charge in [-0.3, -0.25) is 0 Å². The molecule has 0 aromatic rings. The summed E-state index contributed by atoms with van der Waals surface area (Å²) in [6.07, 6.45) is 4.94. The molecule has 0 saturated carbocycles. The molecular formula is C15H32N2O. The molecule has 0 amide bonds. The minimum absolute atomic E-state index is 0.443. The van der Waals surface area contributed by atoms with Crippen LogP contribution in [-0.2, 0) is 4.74 Å². The van der Waals surface area contributed by atoms with Gasteiger partial charge >= 0.3 is 0 Å². The Kier molecular flexibility index (Phi) is 7.87. The fourth-order valence-electron chi connectivity index (χ4n) is 2.96. The van der Waals surface area contributed by atoms with Crippen LogP contribution < -0.4 is 5.32 Å². The third kappa shape index (κ3) is 5.25. The lowest BCUT2D eigenvalue weighted by molar-refractivity contribution is -0.00418. The van der Waals surface area contributed by atoms with Gasteiger partial charge in [0, 0.05) is 26.3 Å². The fraction of sp³-hybridized carbons (Fsp3) is 1.00. The summed E-state index contributed by atoms with van der Waals surface area (Å²) in [7, 11) is 0. The van der Waals surface area contributed by atoms with Gasteiger partial charge in [0.2, 0.25) is 0 Å². The molecule has 0 aromatic carbocycles. The van der Waals surface area contributed by atoms with Gasteiger partial charge in [-0.2, -0.15) is 0 Å². The number of hydrogen-bond acceptors (Lipinski definition) is 3. The number of ether oxygens (including phenoxy) is 1. The van der Waals surface area contributed by atoms with Crippen LogP contribution in [0.4, 0.5) is 0 Å². The van der Waals surface area contributed by atoms with E-state index in [1.807, 2.05) is 0 Å². The summed E-state index contributed by atoms with van der Waals surface area (Å²) >= 11 is 0. The highest BCUT2D eigenvalue weighted by Gasteiger charge is 2.33. The molecule has 0 atom stereocenters. The highest BCUT2D eigenvalue weighted by atomic mass is 16.5. The average molecular weight is 256 g/mol. The topological polar surface area (TPSA) is 24.5 Å². The molecule has 3 heteroatoms. The van der Waals surface area contributed by atoms with Crippen LogP contribution in [0.5, 0.6) is 0 Å². The van der Waals surface area contributed by atoms with Crippen LogP contribution in [-0.4, -0.2) is 50.8 Å². The zero-order chi connectivity index (χ0) is 13.3. The third-order valence-corrected chi connectivity index (χ3v) is 3.94. The maximum atomic E-state index is 5.56. The lowest BCUT2D eigenvalue weighted by Crippen LogP contribution is -2.47. The van der Waals surface area contributed by atoms with Crippen molar-refractivity contribution in [1.82, 2.24) is 10.2 Å². The maximum Gasteiger partial charge on any atom is 0.0472 e. The number of nitrogens with one attached hydrogen (secondary N) is 1. The van der Waals surface area contributed by atoms with Crippen LogP contribution in [0.2, 0.25) is 0 Å². The molecule has 0 aliphatic carbocycles. The maximum absolute atomic E-state index is 5.56. The lowest BCUT2D eigenvalue weighted by Gasteiger charge is -2.41. The smallest absolute Gasteiger partial charge is 0.0472 e. The second-order valence-electron chi connectivity index (χ2n) is 5.67. The summed E-state index contributed by atoms with van der Waals surface area (Å²) in [6, 6.07) is 0. The van der Waals surface area contributed by atoms with Crippen LogP contribution in [0.1, 0.15) is 46.5 Å². The van der Waals surface area contributed by atoms with Crippen molar-refractivity contribution in [2.24, 2.45) is 5.41 Å². The van der Waals surface area contributed by atoms with Crippen molar-refractivity contribution in [2.75, 3.05) is 45.9 Å². The molecule has 3 nitrogen and oxygen atoms in total. The van der Waals surface area contributed by atoms with Gasteiger partial charge in [0.05, 0.1) is 0 Å². The van der Waals surface area contributed by atoms with Crippen molar-refractivity contribution >= 4 is 0 Å². The summed E-state index contributed by atoms with van der Waals surface area (Å²) in [5.74, 6) is 0. The summed E-state index contributed by atoms with van der Waals surface area (Å²) in [6.45, 7) is 14.6. The third-order valence-electron chi connectivity index (χ3n) is 3.94. The summed E-state index contributed by atoms with van der Waals surface area (Å²) < 4.78 is 5.56. The first-order valence-corrected chi connectivity index (χ1v) is 7.77. The Morgan fingerprint density at radius 3 is 2.17 bits per heavy atom. The van der Waals surface area contributed by atoms with E-state index in [0.29, 0.717) is 5.41 Å². The predicted octanol–water partition coefficient (Wildman–Crippen LogP) is 2.51. The molecule has 0 radical (unpaired) electrons. The Hall–Kier alpha value is -0.120. The van der Waals surface area contributed by atoms with E-state index in [4.69, 9.17) is 4.74 Å². The number of rotatable bonds is 9. The number of hydrogen-bond donors (Lipinski definition) is 1. The molecule has 1 fully saturated rings. The monoisotopic (exact) mass is 256 g/mol. The van der Waals surface area contributed by atoms with Crippen molar-refractivity contribution in [1.29, 1.82) is 0 Å². The molecule has 0 aromatic heterocycles. The van der Waals surface area contributed by atoms with Gasteiger partial charge in [-0.1, -0.05) is 20.8 Å². The van der Waals surface area contributed by atoms with Crippen LogP contribution in [0, 0.1) is 5.41 Å². The van der Waals surface area contributed by atoms with Gasteiger partial charge < -0.3 is 15.0 Å². The van der Waals surface area contributed by atoms with Crippen molar-refractivity contribution in [3.8, 4) is 0 Å². The molecule has 1 aliphatic rings. The first-order valence-electron chi connectivity index (χ1n) is 7.77. The Morgan fingerprint density at radius 2 is 1.67 bits per heavy atom. The molecule has 1 aliphatic heterocycles. The van der Waals surface area contributed by atoms with Gasteiger partial charge in [0.25, 0.3) is 0 Å². The van der Waals surface area contributed by atoms with Crippen LogP contribution >= 0.6 is 0 Å². The molecule has 1 heterocycles. The van der Waals surface area contributed by atoms with E-state index < -0.39 is 0 Å². The van der Waals surface area contributed by atoms with Crippen LogP contribution in [0.25, 0.3) is 0 Å². The van der Waals surface area contributed by atoms with E-state index in [0.717, 1.165) is 26.3 Å². The molecule has 0 spiro atoms.